The third-order valence-corrected chi connectivity index (χ3v) is 3.30. The lowest BCUT2D eigenvalue weighted by molar-refractivity contribution is 0.101. The maximum absolute atomic E-state index is 12.3. The molecule has 0 unspecified atom stereocenters. The van der Waals surface area contributed by atoms with Crippen LogP contribution in [0.15, 0.2) is 59.7 Å². The van der Waals surface area contributed by atoms with Crippen LogP contribution in [0.4, 0.5) is 5.69 Å². The molecule has 0 aliphatic carbocycles. The first kappa shape index (κ1) is 13.1. The van der Waals surface area contributed by atoms with E-state index in [2.05, 4.69) is 10.3 Å². The molecule has 5 nitrogen and oxygen atoms in total. The third-order valence-electron chi connectivity index (χ3n) is 3.30. The minimum Gasteiger partial charge on any atom is -0.319 e. The van der Waals surface area contributed by atoms with Gasteiger partial charge in [0, 0.05) is 18.6 Å². The minimum absolute atomic E-state index is 0.190. The SMILES string of the molecule is Cn1c(C(=O)Nc2cccnc2)cc2ccccc2c1=O. The van der Waals surface area contributed by atoms with Gasteiger partial charge in [-0.3, -0.25) is 14.6 Å². The Kier molecular flexibility index (Phi) is 3.23. The largest absolute Gasteiger partial charge is 0.319 e. The molecule has 0 bridgehead atoms. The Morgan fingerprint density at radius 3 is 2.76 bits per heavy atom. The van der Waals surface area contributed by atoms with Crippen LogP contribution >= 0.6 is 0 Å². The van der Waals surface area contributed by atoms with Gasteiger partial charge in [0.25, 0.3) is 11.5 Å². The van der Waals surface area contributed by atoms with Crippen molar-refractivity contribution >= 4 is 22.4 Å². The van der Waals surface area contributed by atoms with E-state index in [0.717, 1.165) is 5.39 Å². The van der Waals surface area contributed by atoms with Crippen molar-refractivity contribution in [1.29, 1.82) is 0 Å². The molecule has 0 aliphatic rings. The number of hydrogen-bond donors (Lipinski definition) is 1. The fourth-order valence-corrected chi connectivity index (χ4v) is 2.20. The maximum atomic E-state index is 12.3. The van der Waals surface area contributed by atoms with Crippen molar-refractivity contribution in [3.05, 3.63) is 70.9 Å². The van der Waals surface area contributed by atoms with Crippen molar-refractivity contribution in [2.75, 3.05) is 5.32 Å². The molecule has 0 atom stereocenters. The van der Waals surface area contributed by atoms with Crippen LogP contribution in [-0.4, -0.2) is 15.5 Å². The molecule has 3 aromatic rings. The maximum Gasteiger partial charge on any atom is 0.272 e. The molecule has 1 aromatic carbocycles. The summed E-state index contributed by atoms with van der Waals surface area (Å²) in [5.74, 6) is -0.339. The molecule has 2 aromatic heterocycles. The number of nitrogens with one attached hydrogen (secondary N) is 1. The van der Waals surface area contributed by atoms with E-state index in [4.69, 9.17) is 0 Å². The summed E-state index contributed by atoms with van der Waals surface area (Å²) in [5, 5.41) is 4.07. The molecular formula is C16H13N3O2. The van der Waals surface area contributed by atoms with Crippen LogP contribution in [0.1, 0.15) is 10.5 Å². The lowest BCUT2D eigenvalue weighted by Gasteiger charge is -2.10. The molecule has 0 fully saturated rings. The average Bonchev–Trinajstić information content (AvgIpc) is 2.52. The van der Waals surface area contributed by atoms with Gasteiger partial charge in [0.15, 0.2) is 0 Å². The number of carbonyl (C=O) groups is 1. The number of amides is 1. The van der Waals surface area contributed by atoms with Crippen molar-refractivity contribution in [1.82, 2.24) is 9.55 Å². The Morgan fingerprint density at radius 1 is 1.19 bits per heavy atom. The van der Waals surface area contributed by atoms with Gasteiger partial charge in [0.05, 0.1) is 11.9 Å². The summed E-state index contributed by atoms with van der Waals surface area (Å²) in [6.45, 7) is 0. The highest BCUT2D eigenvalue weighted by atomic mass is 16.2. The third kappa shape index (κ3) is 2.41. The van der Waals surface area contributed by atoms with Gasteiger partial charge in [-0.05, 0) is 29.7 Å². The van der Waals surface area contributed by atoms with E-state index < -0.39 is 0 Å². The summed E-state index contributed by atoms with van der Waals surface area (Å²) in [7, 11) is 1.59. The first-order valence-corrected chi connectivity index (χ1v) is 6.47. The van der Waals surface area contributed by atoms with Crippen molar-refractivity contribution < 1.29 is 4.79 Å². The summed E-state index contributed by atoms with van der Waals surface area (Å²) >= 11 is 0. The number of nitrogens with zero attached hydrogens (tertiary/aromatic N) is 2. The fourth-order valence-electron chi connectivity index (χ4n) is 2.20. The first-order chi connectivity index (χ1) is 10.2. The van der Waals surface area contributed by atoms with Crippen molar-refractivity contribution in [2.45, 2.75) is 0 Å². The lowest BCUT2D eigenvalue weighted by atomic mass is 10.1. The van der Waals surface area contributed by atoms with Gasteiger partial charge in [0.1, 0.15) is 5.69 Å². The van der Waals surface area contributed by atoms with E-state index in [9.17, 15) is 9.59 Å². The molecule has 1 amide bonds. The second-order valence-electron chi connectivity index (χ2n) is 4.68. The van der Waals surface area contributed by atoms with Crippen LogP contribution in [0, 0.1) is 0 Å². The van der Waals surface area contributed by atoms with Crippen LogP contribution in [0.25, 0.3) is 10.8 Å². The van der Waals surface area contributed by atoms with Gasteiger partial charge < -0.3 is 9.88 Å². The predicted octanol–water partition coefficient (Wildman–Crippen LogP) is 2.19. The van der Waals surface area contributed by atoms with Crippen LogP contribution in [0.5, 0.6) is 0 Å². The first-order valence-electron chi connectivity index (χ1n) is 6.47. The summed E-state index contributed by atoms with van der Waals surface area (Å²) in [5.41, 5.74) is 0.704. The van der Waals surface area contributed by atoms with Crippen LogP contribution in [0.3, 0.4) is 0 Å². The summed E-state index contributed by atoms with van der Waals surface area (Å²) in [4.78, 5) is 28.5. The average molecular weight is 279 g/mol. The van der Waals surface area contributed by atoms with Gasteiger partial charge in [-0.2, -0.15) is 0 Å². The van der Waals surface area contributed by atoms with Crippen molar-refractivity contribution in [3.63, 3.8) is 0 Å². The Bertz CT molecular complexity index is 870. The van der Waals surface area contributed by atoms with E-state index >= 15 is 0 Å². The van der Waals surface area contributed by atoms with Gasteiger partial charge in [-0.15, -0.1) is 0 Å². The minimum atomic E-state index is -0.339. The number of aromatic nitrogens is 2. The molecule has 2 heterocycles. The van der Waals surface area contributed by atoms with Crippen LogP contribution in [-0.2, 0) is 7.05 Å². The molecule has 1 N–H and O–H groups in total. The number of fused-ring (bicyclic) bond motifs is 1. The number of pyridine rings is 2. The lowest BCUT2D eigenvalue weighted by Crippen LogP contribution is -2.26. The number of hydrogen-bond acceptors (Lipinski definition) is 3. The van der Waals surface area contributed by atoms with Gasteiger partial charge in [-0.25, -0.2) is 0 Å². The van der Waals surface area contributed by atoms with E-state index in [1.165, 1.54) is 4.57 Å². The zero-order valence-electron chi connectivity index (χ0n) is 11.4. The number of carbonyl (C=O) groups excluding carboxylic acids is 1. The highest BCUT2D eigenvalue weighted by Crippen LogP contribution is 2.13. The molecule has 104 valence electrons. The standard InChI is InChI=1S/C16H13N3O2/c1-19-14(15(20)18-12-6-4-8-17-10-12)9-11-5-2-3-7-13(11)16(19)21/h2-10H,1H3,(H,18,20). The normalized spacial score (nSPS) is 10.5. The van der Waals surface area contributed by atoms with E-state index in [-0.39, 0.29) is 11.5 Å². The topological polar surface area (TPSA) is 64.0 Å². The fraction of sp³-hybridized carbons (Fsp3) is 0.0625. The Balaban J connectivity index is 2.06. The summed E-state index contributed by atoms with van der Waals surface area (Å²) in [6, 6.07) is 12.4. The number of rotatable bonds is 2. The van der Waals surface area contributed by atoms with Crippen molar-refractivity contribution in [3.8, 4) is 0 Å². The zero-order chi connectivity index (χ0) is 14.8. The molecule has 5 heteroatoms. The summed E-state index contributed by atoms with van der Waals surface area (Å²) in [6.07, 6.45) is 3.18. The number of benzene rings is 1. The quantitative estimate of drug-likeness (QED) is 0.782. The zero-order valence-corrected chi connectivity index (χ0v) is 11.4. The van der Waals surface area contributed by atoms with Crippen molar-refractivity contribution in [2.24, 2.45) is 7.05 Å². The Morgan fingerprint density at radius 2 is 2.00 bits per heavy atom. The molecule has 21 heavy (non-hydrogen) atoms. The number of anilines is 1. The van der Waals surface area contributed by atoms with E-state index in [1.54, 1.807) is 49.8 Å². The van der Waals surface area contributed by atoms with Gasteiger partial charge >= 0.3 is 0 Å². The summed E-state index contributed by atoms with van der Waals surface area (Å²) < 4.78 is 1.36. The second-order valence-corrected chi connectivity index (χ2v) is 4.68. The van der Waals surface area contributed by atoms with Gasteiger partial charge in [0.2, 0.25) is 0 Å². The smallest absolute Gasteiger partial charge is 0.272 e. The Hall–Kier alpha value is -2.95. The van der Waals surface area contributed by atoms with E-state index in [0.29, 0.717) is 16.8 Å². The monoisotopic (exact) mass is 279 g/mol. The van der Waals surface area contributed by atoms with E-state index in [1.807, 2.05) is 12.1 Å². The van der Waals surface area contributed by atoms with Gasteiger partial charge in [-0.1, -0.05) is 18.2 Å². The molecular weight excluding hydrogens is 266 g/mol. The molecule has 0 saturated heterocycles. The highest BCUT2D eigenvalue weighted by molar-refractivity contribution is 6.04. The molecule has 0 aliphatic heterocycles. The second kappa shape index (κ2) is 5.20. The molecule has 0 saturated carbocycles. The van der Waals surface area contributed by atoms with Crippen LogP contribution < -0.4 is 10.9 Å². The Labute approximate surface area is 120 Å². The predicted molar refractivity (Wildman–Crippen MR) is 81.4 cm³/mol. The molecule has 0 radical (unpaired) electrons. The van der Waals surface area contributed by atoms with Crippen LogP contribution in [0.2, 0.25) is 0 Å². The molecule has 3 rings (SSSR count). The highest BCUT2D eigenvalue weighted by Gasteiger charge is 2.13. The molecule has 0 spiro atoms.